The highest BCUT2D eigenvalue weighted by Crippen LogP contribution is 2.23. The van der Waals surface area contributed by atoms with Gasteiger partial charge in [0.15, 0.2) is 6.61 Å². The Morgan fingerprint density at radius 2 is 1.95 bits per heavy atom. The van der Waals surface area contributed by atoms with Gasteiger partial charge in [-0.3, -0.25) is 4.79 Å². The van der Waals surface area contributed by atoms with Gasteiger partial charge in [0.1, 0.15) is 11.8 Å². The predicted molar refractivity (Wildman–Crippen MR) is 77.4 cm³/mol. The summed E-state index contributed by atoms with van der Waals surface area (Å²) in [6, 6.07) is 13.3. The maximum absolute atomic E-state index is 12.0. The molecule has 0 aliphatic rings. The van der Waals surface area contributed by atoms with Crippen LogP contribution in [0.3, 0.4) is 0 Å². The third-order valence-electron chi connectivity index (χ3n) is 2.60. The van der Waals surface area contributed by atoms with E-state index in [1.54, 1.807) is 30.3 Å². The molecule has 20 heavy (non-hydrogen) atoms. The van der Waals surface area contributed by atoms with Gasteiger partial charge >= 0.3 is 0 Å². The largest absolute Gasteiger partial charge is 0.484 e. The molecule has 2 rings (SSSR count). The van der Waals surface area contributed by atoms with Crippen molar-refractivity contribution in [3.8, 4) is 11.8 Å². The Morgan fingerprint density at radius 3 is 2.65 bits per heavy atom. The van der Waals surface area contributed by atoms with Gasteiger partial charge in [-0.15, -0.1) is 0 Å². The number of Topliss-reactive ketones (excluding diaryl/α,β-unsaturated/α-hetero) is 1. The van der Waals surface area contributed by atoms with Crippen LogP contribution in [0, 0.1) is 11.3 Å². The summed E-state index contributed by atoms with van der Waals surface area (Å²) in [5.74, 6) is 0.0138. The van der Waals surface area contributed by atoms with Crippen LogP contribution in [0.15, 0.2) is 42.5 Å². The van der Waals surface area contributed by atoms with Gasteiger partial charge < -0.3 is 4.74 Å². The van der Waals surface area contributed by atoms with Crippen molar-refractivity contribution in [2.45, 2.75) is 0 Å². The first kappa shape index (κ1) is 14.4. The molecule has 0 saturated heterocycles. The van der Waals surface area contributed by atoms with Gasteiger partial charge in [0, 0.05) is 16.7 Å². The lowest BCUT2D eigenvalue weighted by molar-refractivity contribution is 0.0921. The predicted octanol–water partition coefficient (Wildman–Crippen LogP) is 4.13. The average Bonchev–Trinajstić information content (AvgIpc) is 2.45. The first-order valence-electron chi connectivity index (χ1n) is 5.72. The SMILES string of the molecule is N#Cc1ccc(Cl)cc1OCC(=O)c1ccccc1Cl. The average molecular weight is 306 g/mol. The molecule has 3 nitrogen and oxygen atoms in total. The summed E-state index contributed by atoms with van der Waals surface area (Å²) in [5.41, 5.74) is 0.705. The summed E-state index contributed by atoms with van der Waals surface area (Å²) >= 11 is 11.8. The number of halogens is 2. The second-order valence-corrected chi connectivity index (χ2v) is 4.79. The number of ketones is 1. The van der Waals surface area contributed by atoms with Crippen molar-refractivity contribution in [2.75, 3.05) is 6.61 Å². The van der Waals surface area contributed by atoms with Gasteiger partial charge in [-0.25, -0.2) is 0 Å². The molecule has 0 amide bonds. The second-order valence-electron chi connectivity index (χ2n) is 3.94. The van der Waals surface area contributed by atoms with E-state index in [0.717, 1.165) is 0 Å². The Labute approximate surface area is 126 Å². The number of rotatable bonds is 4. The molecule has 100 valence electrons. The van der Waals surface area contributed by atoms with Gasteiger partial charge in [-0.2, -0.15) is 5.26 Å². The van der Waals surface area contributed by atoms with Crippen molar-refractivity contribution < 1.29 is 9.53 Å². The Hall–Kier alpha value is -2.02. The minimum Gasteiger partial charge on any atom is -0.484 e. The summed E-state index contributed by atoms with van der Waals surface area (Å²) in [4.78, 5) is 12.0. The summed E-state index contributed by atoms with van der Waals surface area (Å²) in [6.07, 6.45) is 0. The van der Waals surface area contributed by atoms with Crippen LogP contribution in [-0.4, -0.2) is 12.4 Å². The maximum atomic E-state index is 12.0. The normalized spacial score (nSPS) is 9.85. The van der Waals surface area contributed by atoms with E-state index >= 15 is 0 Å². The molecule has 0 aliphatic carbocycles. The van der Waals surface area contributed by atoms with E-state index in [1.807, 2.05) is 6.07 Å². The van der Waals surface area contributed by atoms with Crippen molar-refractivity contribution in [3.05, 3.63) is 63.6 Å². The van der Waals surface area contributed by atoms with Crippen LogP contribution >= 0.6 is 23.2 Å². The molecule has 0 fully saturated rings. The molecule has 0 saturated carbocycles. The number of benzene rings is 2. The molecule has 0 bridgehead atoms. The Kier molecular flexibility index (Phi) is 4.62. The van der Waals surface area contributed by atoms with E-state index in [-0.39, 0.29) is 18.1 Å². The first-order chi connectivity index (χ1) is 9.61. The number of carbonyl (C=O) groups excluding carboxylic acids is 1. The van der Waals surface area contributed by atoms with Crippen LogP contribution in [0.4, 0.5) is 0 Å². The summed E-state index contributed by atoms with van der Waals surface area (Å²) < 4.78 is 5.36. The van der Waals surface area contributed by atoms with Crippen LogP contribution in [0.1, 0.15) is 15.9 Å². The minimum absolute atomic E-state index is 0.210. The van der Waals surface area contributed by atoms with Crippen molar-refractivity contribution >= 4 is 29.0 Å². The van der Waals surface area contributed by atoms with Crippen LogP contribution in [0.25, 0.3) is 0 Å². The molecule has 2 aromatic carbocycles. The highest BCUT2D eigenvalue weighted by molar-refractivity contribution is 6.34. The number of hydrogen-bond donors (Lipinski definition) is 0. The third kappa shape index (κ3) is 3.30. The summed E-state index contributed by atoms with van der Waals surface area (Å²) in [7, 11) is 0. The van der Waals surface area contributed by atoms with E-state index in [1.165, 1.54) is 12.1 Å². The van der Waals surface area contributed by atoms with Crippen LogP contribution < -0.4 is 4.74 Å². The quantitative estimate of drug-likeness (QED) is 0.798. The maximum Gasteiger partial charge on any atom is 0.201 e. The zero-order valence-corrected chi connectivity index (χ0v) is 11.8. The zero-order valence-electron chi connectivity index (χ0n) is 10.3. The van der Waals surface area contributed by atoms with Gasteiger partial charge in [-0.05, 0) is 24.3 Å². The van der Waals surface area contributed by atoms with E-state index in [0.29, 0.717) is 21.2 Å². The fourth-order valence-electron chi connectivity index (χ4n) is 1.62. The number of nitrogens with zero attached hydrogens (tertiary/aromatic N) is 1. The van der Waals surface area contributed by atoms with E-state index in [4.69, 9.17) is 33.2 Å². The topological polar surface area (TPSA) is 50.1 Å². The Morgan fingerprint density at radius 1 is 1.20 bits per heavy atom. The molecule has 0 aliphatic heterocycles. The van der Waals surface area contributed by atoms with E-state index in [9.17, 15) is 4.79 Å². The number of hydrogen-bond acceptors (Lipinski definition) is 3. The van der Waals surface area contributed by atoms with Crippen molar-refractivity contribution in [3.63, 3.8) is 0 Å². The highest BCUT2D eigenvalue weighted by atomic mass is 35.5. The fraction of sp³-hybridized carbons (Fsp3) is 0.0667. The minimum atomic E-state index is -0.264. The number of carbonyl (C=O) groups is 1. The van der Waals surface area contributed by atoms with Gasteiger partial charge in [0.05, 0.1) is 10.6 Å². The fourth-order valence-corrected chi connectivity index (χ4v) is 2.02. The van der Waals surface area contributed by atoms with Gasteiger partial charge in [0.25, 0.3) is 0 Å². The lowest BCUT2D eigenvalue weighted by Gasteiger charge is -2.08. The van der Waals surface area contributed by atoms with E-state index in [2.05, 4.69) is 0 Å². The van der Waals surface area contributed by atoms with Crippen molar-refractivity contribution in [1.29, 1.82) is 5.26 Å². The number of nitriles is 1. The van der Waals surface area contributed by atoms with Gasteiger partial charge in [0.2, 0.25) is 5.78 Å². The second kappa shape index (κ2) is 6.42. The molecule has 0 aromatic heterocycles. The Balaban J connectivity index is 2.14. The van der Waals surface area contributed by atoms with Gasteiger partial charge in [-0.1, -0.05) is 35.3 Å². The van der Waals surface area contributed by atoms with Crippen LogP contribution in [0.5, 0.6) is 5.75 Å². The standard InChI is InChI=1S/C15H9Cl2NO2/c16-11-6-5-10(8-18)15(7-11)20-9-14(19)12-3-1-2-4-13(12)17/h1-7H,9H2. The van der Waals surface area contributed by atoms with Crippen molar-refractivity contribution in [2.24, 2.45) is 0 Å². The lowest BCUT2D eigenvalue weighted by Crippen LogP contribution is -2.12. The smallest absolute Gasteiger partial charge is 0.201 e. The Bertz CT molecular complexity index is 693. The number of ether oxygens (including phenoxy) is 1. The molecule has 0 radical (unpaired) electrons. The third-order valence-corrected chi connectivity index (χ3v) is 3.16. The molecule has 0 unspecified atom stereocenters. The summed E-state index contributed by atoms with van der Waals surface area (Å²) in [5, 5.41) is 9.76. The molecule has 2 aromatic rings. The summed E-state index contributed by atoms with van der Waals surface area (Å²) in [6.45, 7) is -0.210. The van der Waals surface area contributed by atoms with E-state index < -0.39 is 0 Å². The lowest BCUT2D eigenvalue weighted by atomic mass is 10.1. The molecule has 0 N–H and O–H groups in total. The molecule has 0 heterocycles. The molecular formula is C15H9Cl2NO2. The molecular weight excluding hydrogens is 297 g/mol. The molecule has 0 spiro atoms. The molecule has 0 atom stereocenters. The molecule has 5 heteroatoms. The van der Waals surface area contributed by atoms with Crippen molar-refractivity contribution in [1.82, 2.24) is 0 Å². The van der Waals surface area contributed by atoms with Crippen LogP contribution in [0.2, 0.25) is 10.0 Å². The highest BCUT2D eigenvalue weighted by Gasteiger charge is 2.12. The zero-order chi connectivity index (χ0) is 14.5. The first-order valence-corrected chi connectivity index (χ1v) is 6.47. The monoisotopic (exact) mass is 305 g/mol. The van der Waals surface area contributed by atoms with Crippen LogP contribution in [-0.2, 0) is 0 Å².